The number of aromatic carboxylic acids is 1. The fourth-order valence-electron chi connectivity index (χ4n) is 3.05. The molecule has 26 heavy (non-hydrogen) atoms. The smallest absolute Gasteiger partial charge is 0.345 e. The molecule has 4 heterocycles. The van der Waals surface area contributed by atoms with Crippen LogP contribution in [0.5, 0.6) is 5.75 Å². The maximum absolute atomic E-state index is 11.6. The van der Waals surface area contributed by atoms with Crippen LogP contribution in [0.2, 0.25) is 0 Å². The summed E-state index contributed by atoms with van der Waals surface area (Å²) in [5.41, 5.74) is 1.20. The van der Waals surface area contributed by atoms with Gasteiger partial charge in [0.25, 0.3) is 0 Å². The number of furan rings is 1. The van der Waals surface area contributed by atoms with E-state index in [1.807, 2.05) is 6.07 Å². The van der Waals surface area contributed by atoms with E-state index < -0.39 is 11.7 Å². The zero-order valence-corrected chi connectivity index (χ0v) is 13.8. The van der Waals surface area contributed by atoms with Gasteiger partial charge in [-0.25, -0.2) is 14.8 Å². The van der Waals surface area contributed by atoms with Gasteiger partial charge in [-0.1, -0.05) is 0 Å². The van der Waals surface area contributed by atoms with E-state index in [0.717, 1.165) is 18.4 Å². The van der Waals surface area contributed by atoms with E-state index in [1.54, 1.807) is 24.6 Å². The van der Waals surface area contributed by atoms with Crippen LogP contribution in [0.15, 0.2) is 27.7 Å². The van der Waals surface area contributed by atoms with Gasteiger partial charge in [0.05, 0.1) is 0 Å². The third-order valence-corrected chi connectivity index (χ3v) is 4.39. The summed E-state index contributed by atoms with van der Waals surface area (Å²) in [6.45, 7) is 1.20. The minimum Gasteiger partial charge on any atom is -0.504 e. The Morgan fingerprint density at radius 3 is 2.92 bits per heavy atom. The Hall–Kier alpha value is -3.13. The average Bonchev–Trinajstić information content (AvgIpc) is 3.18. The molecule has 8 heteroatoms. The zero-order valence-electron chi connectivity index (χ0n) is 13.8. The number of ether oxygens (including phenoxy) is 1. The summed E-state index contributed by atoms with van der Waals surface area (Å²) < 4.78 is 10.9. The molecule has 0 bridgehead atoms. The zero-order chi connectivity index (χ0) is 18.1. The highest BCUT2D eigenvalue weighted by atomic mass is 16.5. The van der Waals surface area contributed by atoms with Gasteiger partial charge in [0, 0.05) is 42.8 Å². The van der Waals surface area contributed by atoms with Crippen LogP contribution in [-0.2, 0) is 4.74 Å². The molecule has 2 aromatic rings. The minimum absolute atomic E-state index is 0.0332. The topological polar surface area (TPSA) is 117 Å². The van der Waals surface area contributed by atoms with Crippen molar-refractivity contribution in [3.63, 3.8) is 0 Å². The number of carboxylic acid groups (broad SMARTS) is 1. The predicted molar refractivity (Wildman–Crippen MR) is 95.1 cm³/mol. The Kier molecular flexibility index (Phi) is 4.18. The fourth-order valence-corrected chi connectivity index (χ4v) is 3.05. The number of hydrogen-bond donors (Lipinski definition) is 3. The van der Waals surface area contributed by atoms with Gasteiger partial charge in [-0.2, -0.15) is 0 Å². The maximum atomic E-state index is 11.6. The normalized spacial score (nSPS) is 18.2. The Bertz CT molecular complexity index is 910. The fraction of sp³-hybridized carbons (Fsp3) is 0.278. The number of rotatable bonds is 4. The summed E-state index contributed by atoms with van der Waals surface area (Å²) >= 11 is 0. The van der Waals surface area contributed by atoms with Crippen LogP contribution in [0.25, 0.3) is 11.6 Å². The maximum Gasteiger partial charge on any atom is 0.345 e. The first kappa shape index (κ1) is 16.3. The molecular formula is C18H17N3O5. The van der Waals surface area contributed by atoms with Crippen molar-refractivity contribution >= 4 is 35.5 Å². The number of aromatic hydroxyl groups is 1. The molecule has 2 aliphatic rings. The van der Waals surface area contributed by atoms with Crippen molar-refractivity contribution in [1.82, 2.24) is 4.98 Å². The number of nitrogens with one attached hydrogen (secondary N) is 1. The highest BCUT2D eigenvalue weighted by molar-refractivity contribution is 6.21. The second-order valence-corrected chi connectivity index (χ2v) is 6.09. The quantitative estimate of drug-likeness (QED) is 0.772. The van der Waals surface area contributed by atoms with Gasteiger partial charge in [-0.05, 0) is 31.1 Å². The molecule has 4 rings (SSSR count). The van der Waals surface area contributed by atoms with Crippen LogP contribution < -0.4 is 5.32 Å². The minimum atomic E-state index is -1.26. The summed E-state index contributed by atoms with van der Waals surface area (Å²) in [4.78, 5) is 19.9. The summed E-state index contributed by atoms with van der Waals surface area (Å²) in [7, 11) is 0. The first-order valence-corrected chi connectivity index (χ1v) is 8.28. The van der Waals surface area contributed by atoms with Crippen molar-refractivity contribution in [1.29, 1.82) is 0 Å². The first-order valence-electron chi connectivity index (χ1n) is 8.28. The molecule has 0 amide bonds. The van der Waals surface area contributed by atoms with Gasteiger partial charge in [0.1, 0.15) is 0 Å². The molecule has 3 N–H and O–H groups in total. The second kappa shape index (κ2) is 6.64. The molecule has 1 saturated heterocycles. The molecule has 0 saturated carbocycles. The number of allylic oxidation sites excluding steroid dienone is 1. The largest absolute Gasteiger partial charge is 0.504 e. The van der Waals surface area contributed by atoms with Gasteiger partial charge in [-0.15, -0.1) is 0 Å². The van der Waals surface area contributed by atoms with Crippen molar-refractivity contribution < 1.29 is 24.2 Å². The summed E-state index contributed by atoms with van der Waals surface area (Å²) in [6, 6.07) is 3.66. The number of aromatic nitrogens is 1. The highest BCUT2D eigenvalue weighted by Gasteiger charge is 2.27. The molecule has 0 spiro atoms. The van der Waals surface area contributed by atoms with Crippen LogP contribution >= 0.6 is 0 Å². The Morgan fingerprint density at radius 1 is 1.35 bits per heavy atom. The van der Waals surface area contributed by atoms with Crippen molar-refractivity contribution in [2.24, 2.45) is 4.99 Å². The summed E-state index contributed by atoms with van der Waals surface area (Å²) in [5.74, 6) is -0.980. The van der Waals surface area contributed by atoms with E-state index in [0.29, 0.717) is 24.6 Å². The van der Waals surface area contributed by atoms with Crippen molar-refractivity contribution in [2.45, 2.75) is 18.9 Å². The molecule has 134 valence electrons. The second-order valence-electron chi connectivity index (χ2n) is 6.09. The number of hydrogen-bond acceptors (Lipinski definition) is 7. The van der Waals surface area contributed by atoms with Gasteiger partial charge in [-0.3, -0.25) is 0 Å². The van der Waals surface area contributed by atoms with Crippen LogP contribution in [0.3, 0.4) is 0 Å². The molecule has 0 radical (unpaired) electrons. The number of fused-ring (bicyclic) bond motifs is 1. The molecule has 0 atom stereocenters. The number of pyridine rings is 1. The van der Waals surface area contributed by atoms with E-state index in [-0.39, 0.29) is 23.2 Å². The number of aliphatic imine (C=N–C) groups is 1. The summed E-state index contributed by atoms with van der Waals surface area (Å²) in [5, 5.41) is 22.9. The standard InChI is InChI=1S/C18H17N3O5/c22-15-13(8-10-9-20-16-12(10)2-1-5-19-16)26-17(14(15)18(23)24)21-11-3-6-25-7-4-11/h1-2,5,8-9,11,21-22H,3-4,6-7H2,(H,23,24). The number of nitrogens with zero attached hydrogens (tertiary/aromatic N) is 2. The third kappa shape index (κ3) is 2.95. The Morgan fingerprint density at radius 2 is 2.15 bits per heavy atom. The number of carbonyl (C=O) groups is 1. The average molecular weight is 355 g/mol. The molecule has 0 unspecified atom stereocenters. The van der Waals surface area contributed by atoms with Gasteiger partial charge in [0.15, 0.2) is 22.9 Å². The third-order valence-electron chi connectivity index (χ3n) is 4.39. The van der Waals surface area contributed by atoms with E-state index in [9.17, 15) is 15.0 Å². The predicted octanol–water partition coefficient (Wildman–Crippen LogP) is 2.93. The van der Waals surface area contributed by atoms with E-state index >= 15 is 0 Å². The Labute approximate surface area is 148 Å². The number of anilines is 1. The molecule has 2 aliphatic heterocycles. The molecule has 8 nitrogen and oxygen atoms in total. The number of carboxylic acids is 1. The lowest BCUT2D eigenvalue weighted by Gasteiger charge is -2.22. The monoisotopic (exact) mass is 355 g/mol. The van der Waals surface area contributed by atoms with Gasteiger partial charge in [0.2, 0.25) is 5.88 Å². The van der Waals surface area contributed by atoms with E-state index in [1.165, 1.54) is 0 Å². The molecular weight excluding hydrogens is 338 g/mol. The molecule has 0 aliphatic carbocycles. The van der Waals surface area contributed by atoms with Crippen molar-refractivity contribution in [3.8, 4) is 5.75 Å². The SMILES string of the molecule is O=C(O)c1c(NC2CCOCC2)oc(C=C2C=Nc3ncccc32)c1O. The summed E-state index contributed by atoms with van der Waals surface area (Å²) in [6.07, 6.45) is 6.28. The highest BCUT2D eigenvalue weighted by Crippen LogP contribution is 2.38. The van der Waals surface area contributed by atoms with Crippen LogP contribution in [-0.4, -0.2) is 46.6 Å². The van der Waals surface area contributed by atoms with Gasteiger partial charge >= 0.3 is 5.97 Å². The van der Waals surface area contributed by atoms with Crippen molar-refractivity contribution in [2.75, 3.05) is 18.5 Å². The van der Waals surface area contributed by atoms with E-state index in [2.05, 4.69) is 15.3 Å². The molecule has 2 aromatic heterocycles. The van der Waals surface area contributed by atoms with Crippen LogP contribution in [0, 0.1) is 0 Å². The van der Waals surface area contributed by atoms with Crippen LogP contribution in [0.1, 0.15) is 34.5 Å². The molecule has 1 fully saturated rings. The molecule has 0 aromatic carbocycles. The van der Waals surface area contributed by atoms with Gasteiger partial charge < -0.3 is 24.7 Å². The lowest BCUT2D eigenvalue weighted by molar-refractivity contribution is 0.0694. The van der Waals surface area contributed by atoms with E-state index in [4.69, 9.17) is 9.15 Å². The lowest BCUT2D eigenvalue weighted by Crippen LogP contribution is -2.28. The lowest BCUT2D eigenvalue weighted by atomic mass is 10.1. The van der Waals surface area contributed by atoms with Crippen molar-refractivity contribution in [3.05, 3.63) is 35.2 Å². The first-order chi connectivity index (χ1) is 12.6. The Balaban J connectivity index is 1.69. The van der Waals surface area contributed by atoms with Crippen LogP contribution in [0.4, 0.5) is 11.7 Å².